The van der Waals surface area contributed by atoms with Crippen molar-refractivity contribution in [3.63, 3.8) is 0 Å². The topological polar surface area (TPSA) is 99.6 Å². The highest BCUT2D eigenvalue weighted by molar-refractivity contribution is 6.20. The number of hydrogen-bond donors (Lipinski definition) is 3. The van der Waals surface area contributed by atoms with Gasteiger partial charge in [-0.3, -0.25) is 9.78 Å². The van der Waals surface area contributed by atoms with E-state index in [4.69, 9.17) is 11.6 Å². The molecule has 3 N–H and O–H groups in total. The molecule has 1 aliphatic rings. The molecule has 4 rings (SSSR count). The lowest BCUT2D eigenvalue weighted by Crippen LogP contribution is -2.24. The van der Waals surface area contributed by atoms with Crippen LogP contribution in [0.3, 0.4) is 0 Å². The standard InChI is InChI=1S/C23H19ClF5N5O3/c24-23(28,29)37-16-3-1-14(2-4-16)32-21(36)13-9-18(20(31-10-13)34-8-6-15(35)12-34)33-19-11-30-7-5-17(19)22(25,26)27/h1-5,7,9-11,15,33,35H,6,8,12H2,(H,32,36)/t15-/m1/s1. The number of aliphatic hydroxyl groups is 1. The second-order valence-corrected chi connectivity index (χ2v) is 8.49. The molecule has 0 aliphatic carbocycles. The Morgan fingerprint density at radius 3 is 2.46 bits per heavy atom. The number of aromatic nitrogens is 2. The summed E-state index contributed by atoms with van der Waals surface area (Å²) in [5.41, 5.74) is -4.89. The van der Waals surface area contributed by atoms with Gasteiger partial charge in [0.2, 0.25) is 0 Å². The number of halogens is 6. The van der Waals surface area contributed by atoms with E-state index >= 15 is 0 Å². The third-order valence-electron chi connectivity index (χ3n) is 5.33. The minimum absolute atomic E-state index is 0.00365. The summed E-state index contributed by atoms with van der Waals surface area (Å²) < 4.78 is 70.3. The lowest BCUT2D eigenvalue weighted by atomic mass is 10.2. The van der Waals surface area contributed by atoms with Crippen LogP contribution in [0.2, 0.25) is 0 Å². The summed E-state index contributed by atoms with van der Waals surface area (Å²) >= 11 is 4.73. The summed E-state index contributed by atoms with van der Waals surface area (Å²) in [7, 11) is 0. The third kappa shape index (κ3) is 6.74. The SMILES string of the molecule is O=C(Nc1ccc(OC(F)(F)Cl)cc1)c1cnc(N2CC[C@@H](O)C2)c(Nc2cnccc2C(F)(F)F)c1. The van der Waals surface area contributed by atoms with Crippen LogP contribution in [-0.2, 0) is 6.18 Å². The first kappa shape index (κ1) is 26.4. The number of amides is 1. The number of nitrogens with one attached hydrogen (secondary N) is 2. The normalized spacial score (nSPS) is 16.0. The van der Waals surface area contributed by atoms with E-state index in [2.05, 4.69) is 25.3 Å². The predicted molar refractivity (Wildman–Crippen MR) is 125 cm³/mol. The highest BCUT2D eigenvalue weighted by atomic mass is 35.5. The van der Waals surface area contributed by atoms with Gasteiger partial charge in [-0.25, -0.2) is 4.98 Å². The molecule has 1 aromatic carbocycles. The summed E-state index contributed by atoms with van der Waals surface area (Å²) in [4.78, 5) is 22.6. The molecule has 1 atom stereocenters. The Balaban J connectivity index is 1.61. The van der Waals surface area contributed by atoms with Crippen LogP contribution in [0.4, 0.5) is 44.8 Å². The van der Waals surface area contributed by atoms with Gasteiger partial charge in [-0.05, 0) is 42.8 Å². The fourth-order valence-corrected chi connectivity index (χ4v) is 3.78. The van der Waals surface area contributed by atoms with Crippen molar-refractivity contribution >= 4 is 40.4 Å². The summed E-state index contributed by atoms with van der Waals surface area (Å²) in [5, 5.41) is 15.1. The molecule has 196 valence electrons. The Morgan fingerprint density at radius 2 is 1.84 bits per heavy atom. The van der Waals surface area contributed by atoms with Crippen LogP contribution in [-0.4, -0.2) is 45.7 Å². The summed E-state index contributed by atoms with van der Waals surface area (Å²) in [6.07, 6.45) is -1.60. The van der Waals surface area contributed by atoms with E-state index < -0.39 is 29.3 Å². The van der Waals surface area contributed by atoms with Crippen molar-refractivity contribution in [2.45, 2.75) is 24.3 Å². The number of carbonyl (C=O) groups is 1. The Morgan fingerprint density at radius 1 is 1.11 bits per heavy atom. The number of hydrogen-bond acceptors (Lipinski definition) is 7. The molecule has 1 amide bonds. The van der Waals surface area contributed by atoms with Crippen LogP contribution < -0.4 is 20.3 Å². The molecule has 3 heterocycles. The first-order chi connectivity index (χ1) is 17.4. The maximum atomic E-state index is 13.5. The van der Waals surface area contributed by atoms with Gasteiger partial charge in [-0.15, -0.1) is 8.78 Å². The monoisotopic (exact) mass is 543 g/mol. The van der Waals surface area contributed by atoms with E-state index in [1.807, 2.05) is 0 Å². The van der Waals surface area contributed by atoms with E-state index in [0.29, 0.717) is 13.0 Å². The van der Waals surface area contributed by atoms with Crippen LogP contribution in [0, 0.1) is 0 Å². The van der Waals surface area contributed by atoms with Crippen molar-refractivity contribution in [2.75, 3.05) is 28.6 Å². The molecule has 1 fully saturated rings. The number of rotatable bonds is 7. The molecule has 14 heteroatoms. The third-order valence-corrected chi connectivity index (χ3v) is 5.41. The van der Waals surface area contributed by atoms with E-state index in [9.17, 15) is 31.9 Å². The molecule has 0 bridgehead atoms. The molecule has 2 aromatic heterocycles. The molecule has 0 unspecified atom stereocenters. The van der Waals surface area contributed by atoms with Gasteiger partial charge < -0.3 is 25.4 Å². The summed E-state index contributed by atoms with van der Waals surface area (Å²) in [6, 6.07) is 7.07. The summed E-state index contributed by atoms with van der Waals surface area (Å²) in [6.45, 7) is 0.617. The molecule has 0 radical (unpaired) electrons. The molecule has 8 nitrogen and oxygen atoms in total. The fraction of sp³-hybridized carbons (Fsp3) is 0.261. The lowest BCUT2D eigenvalue weighted by molar-refractivity contribution is -0.137. The molecule has 1 aliphatic heterocycles. The maximum absolute atomic E-state index is 13.5. The van der Waals surface area contributed by atoms with E-state index in [1.165, 1.54) is 36.5 Å². The smallest absolute Gasteiger partial charge is 0.420 e. The average molecular weight is 544 g/mol. The minimum atomic E-state index is -4.67. The highest BCUT2D eigenvalue weighted by Crippen LogP contribution is 2.37. The largest absolute Gasteiger partial charge is 0.487 e. The Hall–Kier alpha value is -3.71. The zero-order valence-corrected chi connectivity index (χ0v) is 19.5. The number of alkyl halides is 6. The van der Waals surface area contributed by atoms with Crippen LogP contribution in [0.25, 0.3) is 0 Å². The second-order valence-electron chi connectivity index (χ2n) is 8.05. The van der Waals surface area contributed by atoms with Crippen molar-refractivity contribution in [1.82, 2.24) is 9.97 Å². The molecule has 3 aromatic rings. The minimum Gasteiger partial charge on any atom is -0.420 e. The van der Waals surface area contributed by atoms with Crippen LogP contribution in [0.1, 0.15) is 22.3 Å². The first-order valence-corrected chi connectivity index (χ1v) is 11.2. The number of aliphatic hydroxyl groups excluding tert-OH is 1. The van der Waals surface area contributed by atoms with Gasteiger partial charge in [-0.1, -0.05) is 0 Å². The van der Waals surface area contributed by atoms with Crippen molar-refractivity contribution in [2.24, 2.45) is 0 Å². The zero-order valence-electron chi connectivity index (χ0n) is 18.8. The molecule has 37 heavy (non-hydrogen) atoms. The van der Waals surface area contributed by atoms with Gasteiger partial charge in [0.25, 0.3) is 5.91 Å². The van der Waals surface area contributed by atoms with Crippen molar-refractivity contribution < 1.29 is 36.6 Å². The number of anilines is 4. The predicted octanol–water partition coefficient (Wildman–Crippen LogP) is 5.23. The quantitative estimate of drug-likeness (QED) is 0.277. The number of carbonyl (C=O) groups excluding carboxylic acids is 1. The number of ether oxygens (including phenoxy) is 1. The van der Waals surface area contributed by atoms with Gasteiger partial charge in [0.15, 0.2) is 5.82 Å². The van der Waals surface area contributed by atoms with Crippen molar-refractivity contribution in [3.05, 3.63) is 66.1 Å². The number of pyridine rings is 2. The van der Waals surface area contributed by atoms with Gasteiger partial charge in [-0.2, -0.15) is 13.2 Å². The average Bonchev–Trinajstić information content (AvgIpc) is 3.25. The van der Waals surface area contributed by atoms with Gasteiger partial charge in [0.05, 0.1) is 34.8 Å². The van der Waals surface area contributed by atoms with E-state index in [1.54, 1.807) is 4.90 Å². The highest BCUT2D eigenvalue weighted by Gasteiger charge is 2.34. The fourth-order valence-electron chi connectivity index (χ4n) is 3.69. The summed E-state index contributed by atoms with van der Waals surface area (Å²) in [5.74, 6) is -0.657. The Labute approximate surface area is 212 Å². The lowest BCUT2D eigenvalue weighted by Gasteiger charge is -2.22. The zero-order chi connectivity index (χ0) is 26.8. The van der Waals surface area contributed by atoms with Crippen molar-refractivity contribution in [3.8, 4) is 5.75 Å². The second kappa shape index (κ2) is 10.3. The van der Waals surface area contributed by atoms with Crippen molar-refractivity contribution in [1.29, 1.82) is 0 Å². The molecular formula is C23H19ClF5N5O3. The Kier molecular flexibility index (Phi) is 7.37. The first-order valence-electron chi connectivity index (χ1n) is 10.8. The molecular weight excluding hydrogens is 525 g/mol. The number of β-amino-alcohol motifs (C(OH)–C–C–N with tert-alkyl or cyclic N) is 1. The molecule has 0 spiro atoms. The Bertz CT molecular complexity index is 1270. The number of benzene rings is 1. The maximum Gasteiger partial charge on any atom is 0.487 e. The van der Waals surface area contributed by atoms with Gasteiger partial charge in [0, 0.05) is 42.8 Å². The van der Waals surface area contributed by atoms with Crippen LogP contribution in [0.5, 0.6) is 5.75 Å². The van der Waals surface area contributed by atoms with Crippen LogP contribution >= 0.6 is 11.6 Å². The van der Waals surface area contributed by atoms with E-state index in [0.717, 1.165) is 18.5 Å². The van der Waals surface area contributed by atoms with Gasteiger partial charge >= 0.3 is 11.7 Å². The van der Waals surface area contributed by atoms with E-state index in [-0.39, 0.29) is 40.7 Å². The number of nitrogens with zero attached hydrogens (tertiary/aromatic N) is 3. The molecule has 1 saturated heterocycles. The van der Waals surface area contributed by atoms with Gasteiger partial charge in [0.1, 0.15) is 5.75 Å². The molecule has 0 saturated carbocycles. The van der Waals surface area contributed by atoms with Crippen LogP contribution in [0.15, 0.2) is 55.0 Å².